The Bertz CT molecular complexity index is 915. The van der Waals surface area contributed by atoms with Crippen LogP contribution < -0.4 is 4.74 Å². The Morgan fingerprint density at radius 1 is 1.00 bits per heavy atom. The van der Waals surface area contributed by atoms with Crippen molar-refractivity contribution in [1.29, 1.82) is 0 Å². The van der Waals surface area contributed by atoms with Gasteiger partial charge in [-0.15, -0.1) is 0 Å². The summed E-state index contributed by atoms with van der Waals surface area (Å²) in [6.07, 6.45) is 5.24. The third kappa shape index (κ3) is 2.95. The summed E-state index contributed by atoms with van der Waals surface area (Å²) in [6.45, 7) is -0.370. The fourth-order valence-electron chi connectivity index (χ4n) is 5.52. The number of hydrogen-bond acceptors (Lipinski definition) is 6. The van der Waals surface area contributed by atoms with E-state index in [9.17, 15) is 19.2 Å². The first kappa shape index (κ1) is 19.0. The fourth-order valence-corrected chi connectivity index (χ4v) is 5.52. The topological polar surface area (TPSA) is 90.0 Å². The van der Waals surface area contributed by atoms with Crippen LogP contribution in [0.5, 0.6) is 5.75 Å². The van der Waals surface area contributed by atoms with Gasteiger partial charge in [0.1, 0.15) is 5.75 Å². The summed E-state index contributed by atoms with van der Waals surface area (Å²) in [5.41, 5.74) is 0.416. The molecule has 0 spiro atoms. The maximum atomic E-state index is 12.9. The van der Waals surface area contributed by atoms with Crippen molar-refractivity contribution in [2.24, 2.45) is 35.5 Å². The van der Waals surface area contributed by atoms with Crippen LogP contribution >= 0.6 is 0 Å². The Balaban J connectivity index is 1.14. The Hall–Kier alpha value is -2.96. The van der Waals surface area contributed by atoms with Crippen molar-refractivity contribution in [2.75, 3.05) is 20.3 Å². The molecule has 2 amide bonds. The largest absolute Gasteiger partial charge is 0.497 e. The van der Waals surface area contributed by atoms with Gasteiger partial charge in [0.2, 0.25) is 11.8 Å². The molecule has 2 saturated carbocycles. The van der Waals surface area contributed by atoms with Crippen LogP contribution in [0.4, 0.5) is 0 Å². The summed E-state index contributed by atoms with van der Waals surface area (Å²) in [6, 6.07) is 6.52. The summed E-state index contributed by atoms with van der Waals surface area (Å²) in [5.74, 6) is 0.301. The number of rotatable bonds is 7. The lowest BCUT2D eigenvalue weighted by atomic mass is 9.63. The van der Waals surface area contributed by atoms with Crippen molar-refractivity contribution in [3.63, 3.8) is 0 Å². The standard InChI is InChI=1S/C23H23NO6/c1-29-13-4-2-12(3-5-13)18(25)11-30-19(26)8-9-24-22(27)20-14-6-7-15(17-10-16(14)17)21(20)23(24)28/h2-7,14-17,20-21H,8-11H2,1H3/t14-,15-,16-,17+,20+,21+/m0/s1. The molecule has 6 atom stereocenters. The minimum atomic E-state index is -0.601. The van der Waals surface area contributed by atoms with Gasteiger partial charge in [-0.3, -0.25) is 24.1 Å². The first-order valence-electron chi connectivity index (χ1n) is 10.4. The Labute approximate surface area is 174 Å². The van der Waals surface area contributed by atoms with Crippen LogP contribution in [0, 0.1) is 35.5 Å². The lowest BCUT2D eigenvalue weighted by molar-refractivity contribution is -0.145. The number of benzene rings is 1. The molecule has 0 unspecified atom stereocenters. The molecule has 156 valence electrons. The number of ether oxygens (including phenoxy) is 2. The summed E-state index contributed by atoms with van der Waals surface area (Å²) in [5, 5.41) is 0. The van der Waals surface area contributed by atoms with Gasteiger partial charge in [0.15, 0.2) is 12.4 Å². The molecule has 5 aliphatic rings. The molecule has 1 aromatic carbocycles. The maximum Gasteiger partial charge on any atom is 0.308 e. The number of carbonyl (C=O) groups is 4. The molecular formula is C23H23NO6. The smallest absolute Gasteiger partial charge is 0.308 e. The lowest BCUT2D eigenvalue weighted by Crippen LogP contribution is -2.40. The number of imide groups is 1. The number of nitrogens with zero attached hydrogens (tertiary/aromatic N) is 1. The average Bonchev–Trinajstić information content (AvgIpc) is 3.55. The van der Waals surface area contributed by atoms with Crippen molar-refractivity contribution in [2.45, 2.75) is 12.8 Å². The zero-order chi connectivity index (χ0) is 21.0. The second kappa shape index (κ2) is 7.07. The lowest BCUT2D eigenvalue weighted by Gasteiger charge is -2.37. The van der Waals surface area contributed by atoms with Gasteiger partial charge in [-0.2, -0.15) is 0 Å². The normalized spacial score (nSPS) is 32.6. The van der Waals surface area contributed by atoms with Gasteiger partial charge in [-0.25, -0.2) is 0 Å². The van der Waals surface area contributed by atoms with Crippen LogP contribution in [-0.4, -0.2) is 48.7 Å². The summed E-state index contributed by atoms with van der Waals surface area (Å²) in [4.78, 5) is 51.2. The van der Waals surface area contributed by atoms with E-state index in [0.717, 1.165) is 6.42 Å². The predicted molar refractivity (Wildman–Crippen MR) is 104 cm³/mol. The van der Waals surface area contributed by atoms with Crippen LogP contribution in [0.15, 0.2) is 36.4 Å². The SMILES string of the molecule is COc1ccc(C(=O)COC(=O)CCN2C(=O)[C@@H]3[C@H]4C=C[C@@H]([C@@H]5C[C@H]45)[C@H]3C2=O)cc1. The summed E-state index contributed by atoms with van der Waals surface area (Å²) in [7, 11) is 1.54. The quantitative estimate of drug-likeness (QED) is 0.296. The molecule has 0 radical (unpaired) electrons. The van der Waals surface area contributed by atoms with E-state index in [0.29, 0.717) is 23.1 Å². The van der Waals surface area contributed by atoms with E-state index in [4.69, 9.17) is 9.47 Å². The van der Waals surface area contributed by atoms with Crippen LogP contribution in [-0.2, 0) is 19.1 Å². The van der Waals surface area contributed by atoms with E-state index >= 15 is 0 Å². The molecule has 2 bridgehead atoms. The highest BCUT2D eigenvalue weighted by molar-refractivity contribution is 6.06. The van der Waals surface area contributed by atoms with Gasteiger partial charge in [-0.05, 0) is 54.4 Å². The molecule has 7 nitrogen and oxygen atoms in total. The van der Waals surface area contributed by atoms with E-state index in [1.165, 1.54) is 12.0 Å². The molecule has 6 rings (SSSR count). The number of ketones is 1. The number of esters is 1. The number of amides is 2. The molecule has 1 aliphatic heterocycles. The van der Waals surface area contributed by atoms with E-state index in [-0.39, 0.29) is 60.8 Å². The summed E-state index contributed by atoms with van der Waals surface area (Å²) < 4.78 is 10.1. The molecule has 1 aromatic rings. The number of Topliss-reactive ketones (excluding diaryl/α,β-unsaturated/α-hetero) is 1. The Morgan fingerprint density at radius 2 is 1.60 bits per heavy atom. The third-order valence-electron chi connectivity index (χ3n) is 7.07. The van der Waals surface area contributed by atoms with Gasteiger partial charge < -0.3 is 9.47 Å². The molecule has 0 aromatic heterocycles. The third-order valence-corrected chi connectivity index (χ3v) is 7.07. The molecule has 7 heteroatoms. The van der Waals surface area contributed by atoms with Crippen LogP contribution in [0.1, 0.15) is 23.2 Å². The maximum absolute atomic E-state index is 12.9. The number of allylic oxidation sites excluding steroid dienone is 2. The van der Waals surface area contributed by atoms with Crippen molar-refractivity contribution in [1.82, 2.24) is 4.90 Å². The van der Waals surface area contributed by atoms with E-state index in [1.54, 1.807) is 24.3 Å². The van der Waals surface area contributed by atoms with Crippen molar-refractivity contribution in [3.8, 4) is 5.75 Å². The molecular weight excluding hydrogens is 386 g/mol. The minimum Gasteiger partial charge on any atom is -0.497 e. The summed E-state index contributed by atoms with van der Waals surface area (Å²) >= 11 is 0. The average molecular weight is 409 g/mol. The first-order valence-corrected chi connectivity index (χ1v) is 10.4. The second-order valence-corrected chi connectivity index (χ2v) is 8.55. The monoisotopic (exact) mass is 409 g/mol. The molecule has 0 N–H and O–H groups in total. The Kier molecular flexibility index (Phi) is 4.49. The number of carbonyl (C=O) groups excluding carboxylic acids is 4. The van der Waals surface area contributed by atoms with Gasteiger partial charge in [0, 0.05) is 12.1 Å². The van der Waals surface area contributed by atoms with Crippen molar-refractivity contribution < 1.29 is 28.7 Å². The zero-order valence-electron chi connectivity index (χ0n) is 16.7. The van der Waals surface area contributed by atoms with Crippen LogP contribution in [0.3, 0.4) is 0 Å². The van der Waals surface area contributed by atoms with Gasteiger partial charge in [0.05, 0.1) is 25.4 Å². The highest BCUT2D eigenvalue weighted by atomic mass is 16.5. The molecule has 30 heavy (non-hydrogen) atoms. The molecule has 4 aliphatic carbocycles. The van der Waals surface area contributed by atoms with Gasteiger partial charge in [0.25, 0.3) is 0 Å². The predicted octanol–water partition coefficient (Wildman–Crippen LogP) is 1.86. The number of hydrogen-bond donors (Lipinski definition) is 0. The van der Waals surface area contributed by atoms with Crippen molar-refractivity contribution in [3.05, 3.63) is 42.0 Å². The van der Waals surface area contributed by atoms with Gasteiger partial charge in [-0.1, -0.05) is 12.2 Å². The minimum absolute atomic E-state index is 0.00893. The molecule has 3 fully saturated rings. The highest BCUT2D eigenvalue weighted by Gasteiger charge is 2.66. The zero-order valence-corrected chi connectivity index (χ0v) is 16.7. The number of likely N-dealkylation sites (tertiary alicyclic amines) is 1. The molecule has 1 saturated heterocycles. The van der Waals surface area contributed by atoms with E-state index in [2.05, 4.69) is 12.2 Å². The molecule has 1 heterocycles. The van der Waals surface area contributed by atoms with Crippen LogP contribution in [0.2, 0.25) is 0 Å². The number of methoxy groups -OCH3 is 1. The van der Waals surface area contributed by atoms with Gasteiger partial charge >= 0.3 is 5.97 Å². The Morgan fingerprint density at radius 3 is 2.17 bits per heavy atom. The van der Waals surface area contributed by atoms with Crippen molar-refractivity contribution >= 4 is 23.6 Å². The second-order valence-electron chi connectivity index (χ2n) is 8.55. The van der Waals surface area contributed by atoms with Crippen LogP contribution in [0.25, 0.3) is 0 Å². The first-order chi connectivity index (χ1) is 14.5. The van der Waals surface area contributed by atoms with E-state index < -0.39 is 5.97 Å². The van der Waals surface area contributed by atoms with E-state index in [1.807, 2.05) is 0 Å². The fraction of sp³-hybridized carbons (Fsp3) is 0.478. The highest BCUT2D eigenvalue weighted by Crippen LogP contribution is 2.65.